The van der Waals surface area contributed by atoms with Crippen LogP contribution in [-0.2, 0) is 9.59 Å². The summed E-state index contributed by atoms with van der Waals surface area (Å²) in [4.78, 5) is 21.9. The van der Waals surface area contributed by atoms with Gasteiger partial charge in [-0.05, 0) is 20.8 Å². The monoisotopic (exact) mass is 190 g/mol. The first kappa shape index (κ1) is 12.2. The summed E-state index contributed by atoms with van der Waals surface area (Å²) < 4.78 is 0. The zero-order valence-corrected chi connectivity index (χ0v) is 7.87. The summed E-state index contributed by atoms with van der Waals surface area (Å²) in [6.07, 6.45) is 0. The first-order chi connectivity index (χ1) is 5.67. The van der Waals surface area contributed by atoms with Crippen molar-refractivity contribution in [2.45, 2.75) is 32.0 Å². The van der Waals surface area contributed by atoms with Crippen LogP contribution >= 0.6 is 0 Å². The Morgan fingerprint density at radius 3 is 1.77 bits per heavy atom. The number of hydrogen-bond donors (Lipinski definition) is 3. The Morgan fingerprint density at radius 2 is 1.54 bits per heavy atom. The van der Waals surface area contributed by atoms with Crippen molar-refractivity contribution in [2.75, 3.05) is 6.61 Å². The molecule has 0 aromatic heterocycles. The number of ketones is 2. The summed E-state index contributed by atoms with van der Waals surface area (Å²) in [6, 6.07) is 0. The number of carbonyl (C=O) groups is 2. The third-order valence-corrected chi connectivity index (χ3v) is 2.32. The number of aliphatic hydroxyl groups is 3. The van der Waals surface area contributed by atoms with Crippen LogP contribution in [0.2, 0.25) is 0 Å². The summed E-state index contributed by atoms with van der Waals surface area (Å²) in [5, 5.41) is 27.5. The molecule has 5 nitrogen and oxygen atoms in total. The Hall–Kier alpha value is -0.780. The molecular weight excluding hydrogens is 176 g/mol. The zero-order valence-electron chi connectivity index (χ0n) is 7.87. The number of hydrogen-bond acceptors (Lipinski definition) is 5. The van der Waals surface area contributed by atoms with Crippen LogP contribution in [0.4, 0.5) is 0 Å². The molecule has 0 amide bonds. The van der Waals surface area contributed by atoms with Crippen LogP contribution in [-0.4, -0.2) is 44.7 Å². The molecule has 0 saturated heterocycles. The molecule has 5 heteroatoms. The Balaban J connectivity index is 5.02. The van der Waals surface area contributed by atoms with E-state index in [0.717, 1.165) is 20.8 Å². The average molecular weight is 190 g/mol. The van der Waals surface area contributed by atoms with E-state index in [0.29, 0.717) is 0 Å². The lowest BCUT2D eigenvalue weighted by Crippen LogP contribution is -2.60. The zero-order chi connectivity index (χ0) is 10.9. The molecule has 0 aliphatic carbocycles. The van der Waals surface area contributed by atoms with Gasteiger partial charge in [-0.25, -0.2) is 0 Å². The normalized spacial score (nSPS) is 20.2. The van der Waals surface area contributed by atoms with Crippen LogP contribution < -0.4 is 0 Å². The molecule has 0 rings (SSSR count). The standard InChI is InChI=1S/C8H14O5/c1-5(10)7(2,12)8(3,13)6(11)4-9/h9,12-13H,4H2,1-3H3. The lowest BCUT2D eigenvalue weighted by molar-refractivity contribution is -0.175. The van der Waals surface area contributed by atoms with E-state index in [2.05, 4.69) is 0 Å². The fraction of sp³-hybridized carbons (Fsp3) is 0.750. The fourth-order valence-corrected chi connectivity index (χ4v) is 0.768. The molecule has 0 aliphatic heterocycles. The molecule has 0 saturated carbocycles. The third-order valence-electron chi connectivity index (χ3n) is 2.32. The summed E-state index contributed by atoms with van der Waals surface area (Å²) in [7, 11) is 0. The van der Waals surface area contributed by atoms with E-state index in [9.17, 15) is 19.8 Å². The summed E-state index contributed by atoms with van der Waals surface area (Å²) in [6.45, 7) is 2.16. The number of Topliss-reactive ketones (excluding diaryl/α,β-unsaturated/α-hetero) is 2. The number of carbonyl (C=O) groups excluding carboxylic acids is 2. The van der Waals surface area contributed by atoms with E-state index in [1.165, 1.54) is 0 Å². The van der Waals surface area contributed by atoms with Gasteiger partial charge >= 0.3 is 0 Å². The smallest absolute Gasteiger partial charge is 0.192 e. The van der Waals surface area contributed by atoms with Gasteiger partial charge in [-0.2, -0.15) is 0 Å². The maximum atomic E-state index is 11.0. The third kappa shape index (κ3) is 1.93. The highest BCUT2D eigenvalue weighted by atomic mass is 16.4. The maximum absolute atomic E-state index is 11.0. The summed E-state index contributed by atoms with van der Waals surface area (Å²) >= 11 is 0. The van der Waals surface area contributed by atoms with Gasteiger partial charge in [-0.15, -0.1) is 0 Å². The molecular formula is C8H14O5. The fourth-order valence-electron chi connectivity index (χ4n) is 0.768. The second-order valence-electron chi connectivity index (χ2n) is 3.28. The first-order valence-corrected chi connectivity index (χ1v) is 3.78. The van der Waals surface area contributed by atoms with Crippen molar-refractivity contribution in [1.82, 2.24) is 0 Å². The number of aliphatic hydroxyl groups excluding tert-OH is 1. The van der Waals surface area contributed by atoms with Crippen molar-refractivity contribution in [3.63, 3.8) is 0 Å². The highest BCUT2D eigenvalue weighted by Gasteiger charge is 2.50. The molecule has 2 atom stereocenters. The van der Waals surface area contributed by atoms with Gasteiger partial charge in [-0.3, -0.25) is 9.59 Å². The summed E-state index contributed by atoms with van der Waals surface area (Å²) in [5.74, 6) is -1.73. The topological polar surface area (TPSA) is 94.8 Å². The molecule has 0 spiro atoms. The largest absolute Gasteiger partial charge is 0.388 e. The van der Waals surface area contributed by atoms with Crippen LogP contribution in [0.15, 0.2) is 0 Å². The van der Waals surface area contributed by atoms with Crippen LogP contribution in [0.3, 0.4) is 0 Å². The first-order valence-electron chi connectivity index (χ1n) is 3.78. The Kier molecular flexibility index (Phi) is 3.32. The van der Waals surface area contributed by atoms with Gasteiger partial charge < -0.3 is 15.3 Å². The Bertz CT molecular complexity index is 229. The molecule has 2 unspecified atom stereocenters. The Labute approximate surface area is 76.0 Å². The average Bonchev–Trinajstić information content (AvgIpc) is 2.02. The number of rotatable bonds is 4. The van der Waals surface area contributed by atoms with Crippen molar-refractivity contribution in [3.05, 3.63) is 0 Å². The summed E-state index contributed by atoms with van der Waals surface area (Å²) in [5.41, 5.74) is -4.43. The maximum Gasteiger partial charge on any atom is 0.192 e. The predicted molar refractivity (Wildman–Crippen MR) is 44.0 cm³/mol. The van der Waals surface area contributed by atoms with Gasteiger partial charge in [0.05, 0.1) is 0 Å². The predicted octanol–water partition coefficient (Wildman–Crippen LogP) is -1.36. The van der Waals surface area contributed by atoms with E-state index in [4.69, 9.17) is 5.11 Å². The second kappa shape index (κ2) is 3.53. The van der Waals surface area contributed by atoms with E-state index < -0.39 is 29.4 Å². The van der Waals surface area contributed by atoms with Gasteiger partial charge in [0.15, 0.2) is 22.8 Å². The van der Waals surface area contributed by atoms with Crippen LogP contribution in [0, 0.1) is 0 Å². The minimum absolute atomic E-state index is 0.737. The van der Waals surface area contributed by atoms with Gasteiger partial charge in [0.2, 0.25) is 0 Å². The molecule has 76 valence electrons. The van der Waals surface area contributed by atoms with Crippen molar-refractivity contribution in [3.8, 4) is 0 Å². The quantitative estimate of drug-likeness (QED) is 0.509. The van der Waals surface area contributed by atoms with Gasteiger partial charge in [0.1, 0.15) is 6.61 Å². The van der Waals surface area contributed by atoms with Crippen molar-refractivity contribution >= 4 is 11.6 Å². The SMILES string of the molecule is CC(=O)C(C)(O)C(C)(O)C(=O)CO. The molecule has 0 fully saturated rings. The molecule has 0 aliphatic rings. The van der Waals surface area contributed by atoms with E-state index >= 15 is 0 Å². The lowest BCUT2D eigenvalue weighted by Gasteiger charge is -2.34. The van der Waals surface area contributed by atoms with Crippen LogP contribution in [0.1, 0.15) is 20.8 Å². The van der Waals surface area contributed by atoms with E-state index in [1.54, 1.807) is 0 Å². The molecule has 3 N–H and O–H groups in total. The molecule has 0 aromatic rings. The van der Waals surface area contributed by atoms with E-state index in [-0.39, 0.29) is 0 Å². The minimum Gasteiger partial charge on any atom is -0.388 e. The molecule has 0 aromatic carbocycles. The van der Waals surface area contributed by atoms with E-state index in [1.807, 2.05) is 0 Å². The van der Waals surface area contributed by atoms with Gasteiger partial charge in [0.25, 0.3) is 0 Å². The van der Waals surface area contributed by atoms with Gasteiger partial charge in [-0.1, -0.05) is 0 Å². The van der Waals surface area contributed by atoms with Crippen molar-refractivity contribution in [1.29, 1.82) is 0 Å². The molecule has 0 radical (unpaired) electrons. The van der Waals surface area contributed by atoms with Crippen molar-refractivity contribution < 1.29 is 24.9 Å². The minimum atomic E-state index is -2.26. The van der Waals surface area contributed by atoms with Crippen molar-refractivity contribution in [2.24, 2.45) is 0 Å². The molecule has 0 heterocycles. The van der Waals surface area contributed by atoms with Crippen LogP contribution in [0.5, 0.6) is 0 Å². The molecule has 13 heavy (non-hydrogen) atoms. The van der Waals surface area contributed by atoms with Gasteiger partial charge in [0, 0.05) is 0 Å². The second-order valence-corrected chi connectivity index (χ2v) is 3.28. The Morgan fingerprint density at radius 1 is 1.15 bits per heavy atom. The highest BCUT2D eigenvalue weighted by Crippen LogP contribution is 2.23. The highest BCUT2D eigenvalue weighted by molar-refractivity contribution is 5.98. The lowest BCUT2D eigenvalue weighted by atomic mass is 9.80. The van der Waals surface area contributed by atoms with Crippen LogP contribution in [0.25, 0.3) is 0 Å². The molecule has 0 bridgehead atoms.